The molecule has 0 atom stereocenters. The summed E-state index contributed by atoms with van der Waals surface area (Å²) in [6, 6.07) is 8.74. The maximum Gasteiger partial charge on any atom is 0.163 e. The molecule has 198 valence electrons. The molecule has 2 aliphatic rings. The van der Waals surface area contributed by atoms with Crippen LogP contribution >= 0.6 is 0 Å². The van der Waals surface area contributed by atoms with E-state index >= 15 is 0 Å². The molecule has 2 aromatic heterocycles. The fourth-order valence-corrected chi connectivity index (χ4v) is 6.87. The van der Waals surface area contributed by atoms with E-state index in [2.05, 4.69) is 81.1 Å². The van der Waals surface area contributed by atoms with Gasteiger partial charge in [0.1, 0.15) is 5.82 Å². The molecule has 0 unspecified atom stereocenters. The highest BCUT2D eigenvalue weighted by Gasteiger charge is 2.38. The molecule has 0 radical (unpaired) electrons. The Bertz CT molecular complexity index is 1250. The number of hydrogen-bond donors (Lipinski definition) is 1. The maximum absolute atomic E-state index is 13.9. The smallest absolute Gasteiger partial charge is 0.163 e. The lowest BCUT2D eigenvalue weighted by atomic mass is 9.73. The Hall–Kier alpha value is -2.73. The zero-order valence-electron chi connectivity index (χ0n) is 23.5. The van der Waals surface area contributed by atoms with E-state index in [4.69, 9.17) is 4.98 Å². The molecule has 0 bridgehead atoms. The number of carbonyl (C=O) groups is 1. The molecule has 1 aromatic carbocycles. The van der Waals surface area contributed by atoms with Crippen LogP contribution in [0.15, 0.2) is 36.7 Å². The Morgan fingerprint density at radius 1 is 1.00 bits per heavy atom. The number of fused-ring (bicyclic) bond motifs is 1. The van der Waals surface area contributed by atoms with E-state index in [0.29, 0.717) is 12.3 Å². The minimum Gasteiger partial charge on any atom is -0.357 e. The number of piperidine rings is 2. The van der Waals surface area contributed by atoms with Crippen LogP contribution in [0.5, 0.6) is 0 Å². The molecule has 3 aromatic rings. The summed E-state index contributed by atoms with van der Waals surface area (Å²) in [4.78, 5) is 21.1. The number of hydrogen-bond acceptors (Lipinski definition) is 5. The lowest BCUT2D eigenvalue weighted by Gasteiger charge is -2.46. The molecule has 2 fully saturated rings. The second-order valence-corrected chi connectivity index (χ2v) is 12.9. The van der Waals surface area contributed by atoms with Gasteiger partial charge in [0.05, 0.1) is 11.7 Å². The third kappa shape index (κ3) is 5.59. The van der Waals surface area contributed by atoms with Crippen LogP contribution in [0.4, 0.5) is 5.82 Å². The van der Waals surface area contributed by atoms with Crippen molar-refractivity contribution in [1.82, 2.24) is 20.1 Å². The number of anilines is 1. The second kappa shape index (κ2) is 9.86. The first-order valence-corrected chi connectivity index (χ1v) is 14.1. The molecule has 0 amide bonds. The highest BCUT2D eigenvalue weighted by molar-refractivity contribution is 6.09. The van der Waals surface area contributed by atoms with Crippen LogP contribution in [0.2, 0.25) is 0 Å². The predicted molar refractivity (Wildman–Crippen MR) is 152 cm³/mol. The topological polar surface area (TPSA) is 63.1 Å². The molecular weight excluding hydrogens is 458 g/mol. The number of benzene rings is 1. The molecular formula is C31H43N5O. The average Bonchev–Trinajstić information content (AvgIpc) is 3.26. The van der Waals surface area contributed by atoms with E-state index in [1.165, 1.54) is 19.3 Å². The minimum atomic E-state index is 0.0220. The van der Waals surface area contributed by atoms with Crippen LogP contribution < -0.4 is 10.2 Å². The van der Waals surface area contributed by atoms with Gasteiger partial charge in [-0.25, -0.2) is 4.98 Å². The Morgan fingerprint density at radius 2 is 1.70 bits per heavy atom. The van der Waals surface area contributed by atoms with Crippen molar-refractivity contribution in [2.24, 2.45) is 5.92 Å². The Kier molecular flexibility index (Phi) is 6.90. The molecule has 1 N–H and O–H groups in total. The van der Waals surface area contributed by atoms with Gasteiger partial charge in [0.2, 0.25) is 0 Å². The number of pyridine rings is 1. The predicted octanol–water partition coefficient (Wildman–Crippen LogP) is 6.80. The van der Waals surface area contributed by atoms with Crippen molar-refractivity contribution in [3.8, 4) is 11.1 Å². The van der Waals surface area contributed by atoms with Gasteiger partial charge in [-0.05, 0) is 109 Å². The standard InChI is InChI=1S/C31H43N5O/c1-21(2)36-27-16-24(23-10-11-29(32-19-23)35-12-8-7-9-13-35)15-25(26(27)20-33-36)28(37)14-22-17-30(3,4)34-31(5,6)18-22/h10-11,15-16,19-22,34H,7-9,12-14,17-18H2,1-6H3. The summed E-state index contributed by atoms with van der Waals surface area (Å²) in [5, 5.41) is 9.37. The van der Waals surface area contributed by atoms with Crippen LogP contribution in [0.25, 0.3) is 22.0 Å². The second-order valence-electron chi connectivity index (χ2n) is 12.9. The highest BCUT2D eigenvalue weighted by atomic mass is 16.1. The van der Waals surface area contributed by atoms with Gasteiger partial charge in [-0.15, -0.1) is 0 Å². The van der Waals surface area contributed by atoms with Gasteiger partial charge < -0.3 is 10.2 Å². The molecule has 37 heavy (non-hydrogen) atoms. The summed E-state index contributed by atoms with van der Waals surface area (Å²) in [5.74, 6) is 1.61. The monoisotopic (exact) mass is 501 g/mol. The number of nitrogens with one attached hydrogen (secondary N) is 1. The number of aromatic nitrogens is 3. The molecule has 5 rings (SSSR count). The summed E-state index contributed by atoms with van der Waals surface area (Å²) < 4.78 is 2.03. The third-order valence-corrected chi connectivity index (χ3v) is 8.02. The van der Waals surface area contributed by atoms with Crippen molar-refractivity contribution in [2.45, 2.75) is 97.2 Å². The fraction of sp³-hybridized carbons (Fsp3) is 0.581. The van der Waals surface area contributed by atoms with Gasteiger partial charge in [-0.3, -0.25) is 9.48 Å². The molecule has 0 aliphatic carbocycles. The first kappa shape index (κ1) is 25.9. The van der Waals surface area contributed by atoms with Crippen LogP contribution in [0, 0.1) is 5.92 Å². The van der Waals surface area contributed by atoms with Gasteiger partial charge in [-0.2, -0.15) is 5.10 Å². The van der Waals surface area contributed by atoms with Crippen LogP contribution in [-0.2, 0) is 0 Å². The summed E-state index contributed by atoms with van der Waals surface area (Å²) in [6.45, 7) is 15.4. The Morgan fingerprint density at radius 3 is 2.32 bits per heavy atom. The molecule has 0 saturated carbocycles. The van der Waals surface area contributed by atoms with Gasteiger partial charge in [-0.1, -0.05) is 0 Å². The van der Waals surface area contributed by atoms with E-state index in [9.17, 15) is 4.79 Å². The molecule has 4 heterocycles. The van der Waals surface area contributed by atoms with Crippen LogP contribution in [0.1, 0.15) is 96.5 Å². The molecule has 6 nitrogen and oxygen atoms in total. The van der Waals surface area contributed by atoms with Crippen molar-refractivity contribution in [3.05, 3.63) is 42.2 Å². The zero-order valence-corrected chi connectivity index (χ0v) is 23.5. The fourth-order valence-electron chi connectivity index (χ4n) is 6.87. The number of carbonyl (C=O) groups excluding carboxylic acids is 1. The normalized spacial score (nSPS) is 20.0. The van der Waals surface area contributed by atoms with Crippen molar-refractivity contribution < 1.29 is 4.79 Å². The summed E-state index contributed by atoms with van der Waals surface area (Å²) in [7, 11) is 0. The third-order valence-electron chi connectivity index (χ3n) is 8.02. The van der Waals surface area contributed by atoms with Gasteiger partial charge in [0, 0.05) is 59.3 Å². The summed E-state index contributed by atoms with van der Waals surface area (Å²) in [5.41, 5.74) is 3.91. The van der Waals surface area contributed by atoms with Crippen molar-refractivity contribution in [1.29, 1.82) is 0 Å². The molecule has 2 saturated heterocycles. The highest BCUT2D eigenvalue weighted by Crippen LogP contribution is 2.37. The van der Waals surface area contributed by atoms with E-state index < -0.39 is 0 Å². The lowest BCUT2D eigenvalue weighted by molar-refractivity contribution is 0.0866. The largest absolute Gasteiger partial charge is 0.357 e. The average molecular weight is 502 g/mol. The molecule has 0 spiro atoms. The van der Waals surface area contributed by atoms with E-state index in [1.54, 1.807) is 0 Å². The van der Waals surface area contributed by atoms with Gasteiger partial charge in [0.15, 0.2) is 5.78 Å². The first-order chi connectivity index (χ1) is 17.5. The number of rotatable bonds is 6. The Labute approximate surface area is 221 Å². The summed E-state index contributed by atoms with van der Waals surface area (Å²) in [6.07, 6.45) is 10.2. The van der Waals surface area contributed by atoms with Crippen LogP contribution in [0.3, 0.4) is 0 Å². The van der Waals surface area contributed by atoms with E-state index in [-0.39, 0.29) is 22.9 Å². The van der Waals surface area contributed by atoms with Crippen molar-refractivity contribution >= 4 is 22.5 Å². The first-order valence-electron chi connectivity index (χ1n) is 14.1. The van der Waals surface area contributed by atoms with Crippen LogP contribution in [-0.4, -0.2) is 44.7 Å². The van der Waals surface area contributed by atoms with Gasteiger partial charge in [0.25, 0.3) is 0 Å². The zero-order chi connectivity index (χ0) is 26.4. The lowest BCUT2D eigenvalue weighted by Crippen LogP contribution is -2.57. The van der Waals surface area contributed by atoms with E-state index in [1.807, 2.05) is 17.1 Å². The summed E-state index contributed by atoms with van der Waals surface area (Å²) >= 11 is 0. The Balaban J connectivity index is 1.49. The number of ketones is 1. The number of Topliss-reactive ketones (excluding diaryl/α,β-unsaturated/α-hetero) is 1. The maximum atomic E-state index is 13.9. The number of nitrogens with zero attached hydrogens (tertiary/aromatic N) is 4. The minimum absolute atomic E-state index is 0.0220. The van der Waals surface area contributed by atoms with Crippen molar-refractivity contribution in [2.75, 3.05) is 18.0 Å². The van der Waals surface area contributed by atoms with E-state index in [0.717, 1.165) is 59.3 Å². The molecule has 6 heteroatoms. The quantitative estimate of drug-likeness (QED) is 0.376. The molecule has 2 aliphatic heterocycles. The van der Waals surface area contributed by atoms with Crippen molar-refractivity contribution in [3.63, 3.8) is 0 Å². The SMILES string of the molecule is CC(C)n1ncc2c(C(=O)CC3CC(C)(C)NC(C)(C)C3)cc(-c3ccc(N4CCCCC4)nc3)cc21. The van der Waals surface area contributed by atoms with Gasteiger partial charge >= 0.3 is 0 Å².